The van der Waals surface area contributed by atoms with Crippen molar-refractivity contribution < 1.29 is 9.90 Å². The number of halogens is 1. The number of aliphatic hydroxyl groups excluding tert-OH is 1. The number of nitrogens with one attached hydrogen (secondary N) is 1. The number of amides is 1. The molecule has 1 aromatic carbocycles. The van der Waals surface area contributed by atoms with Crippen LogP contribution in [0.15, 0.2) is 35.7 Å². The number of benzene rings is 1. The third-order valence-electron chi connectivity index (χ3n) is 3.01. The van der Waals surface area contributed by atoms with Crippen molar-refractivity contribution in [3.05, 3.63) is 56.7 Å². The summed E-state index contributed by atoms with van der Waals surface area (Å²) < 4.78 is 0. The molecule has 1 atom stereocenters. The van der Waals surface area contributed by atoms with Gasteiger partial charge in [-0.25, -0.2) is 0 Å². The summed E-state index contributed by atoms with van der Waals surface area (Å²) in [5.74, 6) is -0.147. The second-order valence-corrected chi connectivity index (χ2v) is 5.91. The lowest BCUT2D eigenvalue weighted by molar-refractivity contribution is -0.120. The van der Waals surface area contributed by atoms with E-state index in [0.29, 0.717) is 5.02 Å². The maximum Gasteiger partial charge on any atom is 0.224 e. The minimum atomic E-state index is -0.662. The molecule has 0 saturated heterocycles. The molecule has 20 heavy (non-hydrogen) atoms. The van der Waals surface area contributed by atoms with Gasteiger partial charge in [0.2, 0.25) is 5.91 Å². The van der Waals surface area contributed by atoms with E-state index in [1.54, 1.807) is 6.07 Å². The summed E-state index contributed by atoms with van der Waals surface area (Å²) in [4.78, 5) is 12.7. The van der Waals surface area contributed by atoms with Gasteiger partial charge in [-0.2, -0.15) is 0 Å². The van der Waals surface area contributed by atoms with E-state index in [4.69, 9.17) is 11.6 Å². The zero-order chi connectivity index (χ0) is 14.5. The molecule has 2 rings (SSSR count). The normalized spacial score (nSPS) is 12.2. The van der Waals surface area contributed by atoms with Crippen LogP contribution >= 0.6 is 22.9 Å². The van der Waals surface area contributed by atoms with Gasteiger partial charge in [0.15, 0.2) is 0 Å². The van der Waals surface area contributed by atoms with Crippen molar-refractivity contribution in [2.45, 2.75) is 19.4 Å². The summed E-state index contributed by atoms with van der Waals surface area (Å²) in [5.41, 5.74) is 1.83. The average molecular weight is 310 g/mol. The zero-order valence-electron chi connectivity index (χ0n) is 11.1. The molecule has 2 N–H and O–H groups in total. The average Bonchev–Trinajstić information content (AvgIpc) is 2.85. The van der Waals surface area contributed by atoms with E-state index in [9.17, 15) is 9.90 Å². The van der Waals surface area contributed by atoms with Gasteiger partial charge in [0, 0.05) is 16.4 Å². The van der Waals surface area contributed by atoms with Crippen LogP contribution in [0, 0.1) is 6.92 Å². The number of hydrogen-bond acceptors (Lipinski definition) is 3. The third-order valence-corrected chi connectivity index (χ3v) is 4.49. The molecule has 5 heteroatoms. The molecule has 1 heterocycles. The van der Waals surface area contributed by atoms with E-state index in [1.165, 1.54) is 11.3 Å². The predicted molar refractivity (Wildman–Crippen MR) is 82.2 cm³/mol. The van der Waals surface area contributed by atoms with E-state index < -0.39 is 6.10 Å². The second kappa shape index (κ2) is 6.88. The number of aliphatic hydroxyl groups is 1. The Balaban J connectivity index is 1.87. The van der Waals surface area contributed by atoms with Crippen molar-refractivity contribution in [3.63, 3.8) is 0 Å². The molecule has 3 nitrogen and oxygen atoms in total. The third kappa shape index (κ3) is 3.82. The van der Waals surface area contributed by atoms with Gasteiger partial charge < -0.3 is 10.4 Å². The van der Waals surface area contributed by atoms with Crippen molar-refractivity contribution in [3.8, 4) is 0 Å². The molecule has 1 aromatic heterocycles. The van der Waals surface area contributed by atoms with Crippen LogP contribution in [-0.4, -0.2) is 17.6 Å². The summed E-state index contributed by atoms with van der Waals surface area (Å²) in [5, 5.41) is 15.3. The number of rotatable bonds is 5. The fourth-order valence-corrected chi connectivity index (χ4v) is 3.02. The summed E-state index contributed by atoms with van der Waals surface area (Å²) in [7, 11) is 0. The smallest absolute Gasteiger partial charge is 0.224 e. The molecule has 0 aliphatic rings. The Bertz CT molecular complexity index is 597. The van der Waals surface area contributed by atoms with Gasteiger partial charge >= 0.3 is 0 Å². The first-order valence-corrected chi connectivity index (χ1v) is 7.56. The van der Waals surface area contributed by atoms with Gasteiger partial charge in [-0.05, 0) is 35.6 Å². The molecule has 0 spiro atoms. The topological polar surface area (TPSA) is 49.3 Å². The quantitative estimate of drug-likeness (QED) is 0.891. The van der Waals surface area contributed by atoms with Gasteiger partial charge in [-0.3, -0.25) is 4.79 Å². The fraction of sp³-hybridized carbons (Fsp3) is 0.267. The Morgan fingerprint density at radius 3 is 2.80 bits per heavy atom. The molecule has 0 saturated carbocycles. The SMILES string of the molecule is Cc1ccsc1C(O)CNC(=O)Cc1ccccc1Cl. The van der Waals surface area contributed by atoms with Gasteiger partial charge in [0.05, 0.1) is 6.42 Å². The maximum atomic E-state index is 11.8. The molecular formula is C15H16ClNO2S. The monoisotopic (exact) mass is 309 g/mol. The van der Waals surface area contributed by atoms with Gasteiger partial charge in [-0.15, -0.1) is 11.3 Å². The van der Waals surface area contributed by atoms with Gasteiger partial charge in [-0.1, -0.05) is 29.8 Å². The van der Waals surface area contributed by atoms with Crippen LogP contribution in [0.1, 0.15) is 22.1 Å². The summed E-state index contributed by atoms with van der Waals surface area (Å²) in [6.45, 7) is 2.16. The van der Waals surface area contributed by atoms with E-state index in [2.05, 4.69) is 5.32 Å². The van der Waals surface area contributed by atoms with Crippen molar-refractivity contribution in [1.82, 2.24) is 5.32 Å². The Labute approximate surface area is 127 Å². The molecule has 0 aliphatic carbocycles. The standard InChI is InChI=1S/C15H16ClNO2S/c1-10-6-7-20-15(10)13(18)9-17-14(19)8-11-4-2-3-5-12(11)16/h2-7,13,18H,8-9H2,1H3,(H,17,19). The first-order valence-electron chi connectivity index (χ1n) is 6.30. The highest BCUT2D eigenvalue weighted by Crippen LogP contribution is 2.23. The minimum Gasteiger partial charge on any atom is -0.386 e. The maximum absolute atomic E-state index is 11.8. The van der Waals surface area contributed by atoms with Crippen molar-refractivity contribution >= 4 is 28.8 Å². The Morgan fingerprint density at radius 2 is 2.15 bits per heavy atom. The Morgan fingerprint density at radius 1 is 1.40 bits per heavy atom. The van der Waals surface area contributed by atoms with Crippen LogP contribution in [0.3, 0.4) is 0 Å². The summed E-state index contributed by atoms with van der Waals surface area (Å²) >= 11 is 7.50. The summed E-state index contributed by atoms with van der Waals surface area (Å²) in [6.07, 6.45) is -0.444. The van der Waals surface area contributed by atoms with E-state index in [1.807, 2.05) is 36.6 Å². The lowest BCUT2D eigenvalue weighted by atomic mass is 10.1. The minimum absolute atomic E-state index is 0.147. The van der Waals surface area contributed by atoms with Gasteiger partial charge in [0.1, 0.15) is 6.10 Å². The Kier molecular flexibility index (Phi) is 5.17. The van der Waals surface area contributed by atoms with Crippen LogP contribution in [0.2, 0.25) is 5.02 Å². The molecule has 0 radical (unpaired) electrons. The molecular weight excluding hydrogens is 294 g/mol. The first-order chi connectivity index (χ1) is 9.58. The molecule has 0 bridgehead atoms. The lowest BCUT2D eigenvalue weighted by Crippen LogP contribution is -2.29. The predicted octanol–water partition coefficient (Wildman–Crippen LogP) is 3.10. The van der Waals surface area contributed by atoms with Crippen molar-refractivity contribution in [1.29, 1.82) is 0 Å². The Hall–Kier alpha value is -1.36. The number of carbonyl (C=O) groups is 1. The number of carbonyl (C=O) groups excluding carboxylic acids is 1. The summed E-state index contributed by atoms with van der Waals surface area (Å²) in [6, 6.07) is 9.20. The van der Waals surface area contributed by atoms with Crippen LogP contribution in [0.4, 0.5) is 0 Å². The number of thiophene rings is 1. The van der Waals surface area contributed by atoms with Gasteiger partial charge in [0.25, 0.3) is 0 Å². The van der Waals surface area contributed by atoms with Crippen molar-refractivity contribution in [2.75, 3.05) is 6.54 Å². The number of aryl methyl sites for hydroxylation is 1. The molecule has 106 valence electrons. The molecule has 0 aliphatic heterocycles. The molecule has 0 fully saturated rings. The highest BCUT2D eigenvalue weighted by molar-refractivity contribution is 7.10. The van der Waals surface area contributed by atoms with E-state index >= 15 is 0 Å². The largest absolute Gasteiger partial charge is 0.386 e. The molecule has 1 unspecified atom stereocenters. The van der Waals surface area contributed by atoms with E-state index in [0.717, 1.165) is 16.0 Å². The van der Waals surface area contributed by atoms with Crippen LogP contribution in [0.25, 0.3) is 0 Å². The highest BCUT2D eigenvalue weighted by atomic mass is 35.5. The number of hydrogen-bond donors (Lipinski definition) is 2. The molecule has 2 aromatic rings. The fourth-order valence-electron chi connectivity index (χ4n) is 1.91. The highest BCUT2D eigenvalue weighted by Gasteiger charge is 2.13. The van der Waals surface area contributed by atoms with Crippen LogP contribution in [0.5, 0.6) is 0 Å². The van der Waals surface area contributed by atoms with Crippen LogP contribution < -0.4 is 5.32 Å². The van der Waals surface area contributed by atoms with Crippen molar-refractivity contribution in [2.24, 2.45) is 0 Å². The zero-order valence-corrected chi connectivity index (χ0v) is 12.7. The second-order valence-electron chi connectivity index (χ2n) is 4.56. The molecule has 1 amide bonds. The lowest BCUT2D eigenvalue weighted by Gasteiger charge is -2.12. The van der Waals surface area contributed by atoms with E-state index in [-0.39, 0.29) is 18.9 Å². The first kappa shape index (κ1) is 15.0. The van der Waals surface area contributed by atoms with Crippen LogP contribution in [-0.2, 0) is 11.2 Å².